The summed E-state index contributed by atoms with van der Waals surface area (Å²) < 4.78 is 13.7. The van der Waals surface area contributed by atoms with E-state index in [-0.39, 0.29) is 29.9 Å². The zero-order chi connectivity index (χ0) is 19.9. The van der Waals surface area contributed by atoms with Gasteiger partial charge < -0.3 is 10.6 Å². The van der Waals surface area contributed by atoms with E-state index in [9.17, 15) is 9.18 Å². The molecule has 0 aliphatic rings. The third kappa shape index (κ3) is 4.52. The highest BCUT2D eigenvalue weighted by Gasteiger charge is 2.14. The smallest absolute Gasteiger partial charge is 0.274 e. The zero-order valence-electron chi connectivity index (χ0n) is 16.0. The van der Waals surface area contributed by atoms with Crippen molar-refractivity contribution >= 4 is 17.5 Å². The first kappa shape index (κ1) is 19.5. The molecule has 144 valence electrons. The fraction of sp³-hybridized carbons (Fsp3) is 0.227. The highest BCUT2D eigenvalue weighted by Crippen LogP contribution is 2.23. The molecule has 0 aliphatic carbocycles. The summed E-state index contributed by atoms with van der Waals surface area (Å²) >= 11 is 0. The van der Waals surface area contributed by atoms with Crippen molar-refractivity contribution in [3.8, 4) is 0 Å². The monoisotopic (exact) mass is 378 g/mol. The van der Waals surface area contributed by atoms with Gasteiger partial charge in [0.15, 0.2) is 0 Å². The molecule has 2 aromatic carbocycles. The highest BCUT2D eigenvalue weighted by molar-refractivity contribution is 6.03. The van der Waals surface area contributed by atoms with E-state index in [4.69, 9.17) is 0 Å². The summed E-state index contributed by atoms with van der Waals surface area (Å²) in [6.07, 6.45) is 3.16. The van der Waals surface area contributed by atoms with Crippen LogP contribution in [0.4, 0.5) is 16.0 Å². The predicted octanol–water partition coefficient (Wildman–Crippen LogP) is 4.60. The molecule has 28 heavy (non-hydrogen) atoms. The SMILES string of the molecule is CCc1cccc(CC)c1NC(=O)c1ccnc(NCc2ccccc2F)n1. The lowest BCUT2D eigenvalue weighted by Crippen LogP contribution is -2.17. The van der Waals surface area contributed by atoms with Gasteiger partial charge in [-0.1, -0.05) is 50.2 Å². The van der Waals surface area contributed by atoms with Crippen LogP contribution in [0.25, 0.3) is 0 Å². The Morgan fingerprint density at radius 1 is 0.964 bits per heavy atom. The number of nitrogens with zero attached hydrogens (tertiary/aromatic N) is 2. The van der Waals surface area contributed by atoms with Crippen molar-refractivity contribution in [2.75, 3.05) is 10.6 Å². The average molecular weight is 378 g/mol. The molecule has 3 rings (SSSR count). The summed E-state index contributed by atoms with van der Waals surface area (Å²) in [7, 11) is 0. The van der Waals surface area contributed by atoms with Crippen LogP contribution in [0, 0.1) is 5.82 Å². The lowest BCUT2D eigenvalue weighted by atomic mass is 10.0. The zero-order valence-corrected chi connectivity index (χ0v) is 16.0. The van der Waals surface area contributed by atoms with Crippen LogP contribution in [-0.2, 0) is 19.4 Å². The minimum absolute atomic E-state index is 0.233. The molecule has 1 aromatic heterocycles. The van der Waals surface area contributed by atoms with Crippen molar-refractivity contribution in [2.24, 2.45) is 0 Å². The number of amides is 1. The maximum absolute atomic E-state index is 13.7. The number of carbonyl (C=O) groups excluding carboxylic acids is 1. The van der Waals surface area contributed by atoms with Crippen LogP contribution in [0.3, 0.4) is 0 Å². The molecule has 6 heteroatoms. The molecular weight excluding hydrogens is 355 g/mol. The van der Waals surface area contributed by atoms with E-state index in [1.807, 2.05) is 18.2 Å². The van der Waals surface area contributed by atoms with Gasteiger partial charge in [-0.05, 0) is 36.1 Å². The van der Waals surface area contributed by atoms with Gasteiger partial charge in [0, 0.05) is 24.0 Å². The van der Waals surface area contributed by atoms with E-state index in [0.717, 1.165) is 29.7 Å². The number of anilines is 2. The number of rotatable bonds is 7. The van der Waals surface area contributed by atoms with Gasteiger partial charge in [-0.3, -0.25) is 4.79 Å². The number of para-hydroxylation sites is 1. The van der Waals surface area contributed by atoms with Gasteiger partial charge in [0.2, 0.25) is 5.95 Å². The first-order valence-corrected chi connectivity index (χ1v) is 9.34. The van der Waals surface area contributed by atoms with Gasteiger partial charge in [-0.15, -0.1) is 0 Å². The standard InChI is InChI=1S/C22H23FN4O/c1-3-15-9-7-10-16(4-2)20(15)27-21(28)19-12-13-24-22(26-19)25-14-17-8-5-6-11-18(17)23/h5-13H,3-4,14H2,1-2H3,(H,27,28)(H,24,25,26). The van der Waals surface area contributed by atoms with Crippen molar-refractivity contribution < 1.29 is 9.18 Å². The molecule has 1 heterocycles. The van der Waals surface area contributed by atoms with Crippen molar-refractivity contribution in [2.45, 2.75) is 33.2 Å². The topological polar surface area (TPSA) is 66.9 Å². The second-order valence-electron chi connectivity index (χ2n) is 6.32. The molecule has 0 fully saturated rings. The maximum Gasteiger partial charge on any atom is 0.274 e. The Balaban J connectivity index is 1.75. The fourth-order valence-corrected chi connectivity index (χ4v) is 2.97. The van der Waals surface area contributed by atoms with Crippen LogP contribution < -0.4 is 10.6 Å². The quantitative estimate of drug-likeness (QED) is 0.630. The Morgan fingerprint density at radius 3 is 2.32 bits per heavy atom. The lowest BCUT2D eigenvalue weighted by Gasteiger charge is -2.14. The van der Waals surface area contributed by atoms with Crippen LogP contribution in [0.1, 0.15) is 41.0 Å². The summed E-state index contributed by atoms with van der Waals surface area (Å²) in [5, 5.41) is 5.95. The summed E-state index contributed by atoms with van der Waals surface area (Å²) in [6, 6.07) is 14.1. The molecule has 2 N–H and O–H groups in total. The normalized spacial score (nSPS) is 10.5. The number of benzene rings is 2. The van der Waals surface area contributed by atoms with Crippen molar-refractivity contribution in [3.63, 3.8) is 0 Å². The molecule has 0 unspecified atom stereocenters. The Hall–Kier alpha value is -3.28. The van der Waals surface area contributed by atoms with Crippen LogP contribution in [0.5, 0.6) is 0 Å². The van der Waals surface area contributed by atoms with Crippen LogP contribution in [-0.4, -0.2) is 15.9 Å². The van der Waals surface area contributed by atoms with Crippen molar-refractivity contribution in [1.82, 2.24) is 9.97 Å². The van der Waals surface area contributed by atoms with Gasteiger partial charge in [0.05, 0.1) is 0 Å². The van der Waals surface area contributed by atoms with Crippen LogP contribution >= 0.6 is 0 Å². The lowest BCUT2D eigenvalue weighted by molar-refractivity contribution is 0.102. The van der Waals surface area contributed by atoms with Crippen LogP contribution in [0.2, 0.25) is 0 Å². The second-order valence-corrected chi connectivity index (χ2v) is 6.32. The first-order chi connectivity index (χ1) is 13.6. The largest absolute Gasteiger partial charge is 0.350 e. The molecule has 5 nitrogen and oxygen atoms in total. The van der Waals surface area contributed by atoms with Gasteiger partial charge in [0.1, 0.15) is 11.5 Å². The van der Waals surface area contributed by atoms with E-state index in [2.05, 4.69) is 34.4 Å². The van der Waals surface area contributed by atoms with E-state index in [1.54, 1.807) is 24.3 Å². The Labute approximate surface area is 164 Å². The number of aryl methyl sites for hydroxylation is 2. The predicted molar refractivity (Wildman–Crippen MR) is 109 cm³/mol. The average Bonchev–Trinajstić information content (AvgIpc) is 2.73. The molecule has 0 spiro atoms. The molecule has 1 amide bonds. The van der Waals surface area contributed by atoms with Gasteiger partial charge in [-0.2, -0.15) is 0 Å². The maximum atomic E-state index is 13.7. The first-order valence-electron chi connectivity index (χ1n) is 9.34. The molecule has 0 radical (unpaired) electrons. The van der Waals surface area contributed by atoms with Gasteiger partial charge >= 0.3 is 0 Å². The summed E-state index contributed by atoms with van der Waals surface area (Å²) in [6.45, 7) is 4.34. The molecule has 0 saturated heterocycles. The molecule has 0 aliphatic heterocycles. The van der Waals surface area contributed by atoms with Crippen molar-refractivity contribution in [3.05, 3.63) is 82.9 Å². The minimum Gasteiger partial charge on any atom is -0.350 e. The van der Waals surface area contributed by atoms with Crippen molar-refractivity contribution in [1.29, 1.82) is 0 Å². The third-order valence-corrected chi connectivity index (χ3v) is 4.52. The van der Waals surface area contributed by atoms with Crippen LogP contribution in [0.15, 0.2) is 54.7 Å². The summed E-state index contributed by atoms with van der Waals surface area (Å²) in [5.74, 6) is -0.325. The number of aromatic nitrogens is 2. The van der Waals surface area contributed by atoms with Gasteiger partial charge in [-0.25, -0.2) is 14.4 Å². The number of halogens is 1. The van der Waals surface area contributed by atoms with Gasteiger partial charge in [0.25, 0.3) is 5.91 Å². The third-order valence-electron chi connectivity index (χ3n) is 4.52. The number of hydrogen-bond donors (Lipinski definition) is 2. The highest BCUT2D eigenvalue weighted by atomic mass is 19.1. The number of carbonyl (C=O) groups is 1. The number of nitrogens with one attached hydrogen (secondary N) is 2. The minimum atomic E-state index is -0.299. The Bertz CT molecular complexity index is 952. The summed E-state index contributed by atoms with van der Waals surface area (Å²) in [4.78, 5) is 21.1. The van der Waals surface area contributed by atoms with E-state index < -0.39 is 0 Å². The molecule has 0 saturated carbocycles. The van der Waals surface area contributed by atoms with E-state index in [1.165, 1.54) is 12.3 Å². The Morgan fingerprint density at radius 2 is 1.64 bits per heavy atom. The molecule has 3 aromatic rings. The molecular formula is C22H23FN4O. The summed E-state index contributed by atoms with van der Waals surface area (Å²) in [5.41, 5.74) is 3.76. The molecule has 0 atom stereocenters. The Kier molecular flexibility index (Phi) is 6.32. The number of hydrogen-bond acceptors (Lipinski definition) is 4. The molecule has 0 bridgehead atoms. The fourth-order valence-electron chi connectivity index (χ4n) is 2.97. The van der Waals surface area contributed by atoms with E-state index in [0.29, 0.717) is 5.56 Å². The second kappa shape index (κ2) is 9.08. The van der Waals surface area contributed by atoms with E-state index >= 15 is 0 Å².